The molecule has 0 saturated carbocycles. The lowest BCUT2D eigenvalue weighted by Crippen LogP contribution is -2.00. The molecule has 0 fully saturated rings. The van der Waals surface area contributed by atoms with Gasteiger partial charge in [-0.1, -0.05) is 58.0 Å². The molecule has 23 heavy (non-hydrogen) atoms. The smallest absolute Gasteiger partial charge is 0.142 e. The van der Waals surface area contributed by atoms with Gasteiger partial charge >= 0.3 is 0 Å². The third kappa shape index (κ3) is 4.13. The van der Waals surface area contributed by atoms with E-state index in [1.807, 2.05) is 24.3 Å². The topological polar surface area (TPSA) is 33.6 Å². The van der Waals surface area contributed by atoms with Crippen LogP contribution in [0.1, 0.15) is 50.7 Å². The van der Waals surface area contributed by atoms with Gasteiger partial charge < -0.3 is 10.1 Å². The predicted molar refractivity (Wildman–Crippen MR) is 99.4 cm³/mol. The van der Waals surface area contributed by atoms with E-state index in [0.717, 1.165) is 17.1 Å². The summed E-state index contributed by atoms with van der Waals surface area (Å²) >= 11 is 0. The van der Waals surface area contributed by atoms with E-state index in [1.54, 1.807) is 13.4 Å². The first-order valence-electron chi connectivity index (χ1n) is 8.09. The number of anilines is 1. The Balaban J connectivity index is 2.31. The van der Waals surface area contributed by atoms with Crippen molar-refractivity contribution in [3.05, 3.63) is 53.6 Å². The fourth-order valence-electron chi connectivity index (χ4n) is 2.59. The van der Waals surface area contributed by atoms with Gasteiger partial charge in [-0.2, -0.15) is 0 Å². The van der Waals surface area contributed by atoms with Crippen LogP contribution in [-0.2, 0) is 0 Å². The third-order valence-corrected chi connectivity index (χ3v) is 3.86. The summed E-state index contributed by atoms with van der Waals surface area (Å²) in [5, 5.41) is 3.23. The number of para-hydroxylation sites is 3. The van der Waals surface area contributed by atoms with Crippen LogP contribution in [0.25, 0.3) is 0 Å². The summed E-state index contributed by atoms with van der Waals surface area (Å²) in [6, 6.07) is 14.3. The number of hydrogen-bond donors (Lipinski definition) is 1. The maximum atomic E-state index is 5.35. The van der Waals surface area contributed by atoms with Crippen molar-refractivity contribution in [2.75, 3.05) is 12.4 Å². The van der Waals surface area contributed by atoms with Gasteiger partial charge in [-0.25, -0.2) is 4.99 Å². The lowest BCUT2D eigenvalue weighted by atomic mass is 9.93. The van der Waals surface area contributed by atoms with Crippen LogP contribution in [0.4, 0.5) is 11.4 Å². The lowest BCUT2D eigenvalue weighted by molar-refractivity contribution is 0.417. The number of ether oxygens (including phenoxy) is 1. The molecule has 0 aliphatic rings. The minimum atomic E-state index is 0.437. The molecule has 2 aromatic carbocycles. The molecular weight excluding hydrogens is 284 g/mol. The quantitative estimate of drug-likeness (QED) is 0.547. The van der Waals surface area contributed by atoms with E-state index < -0.39 is 0 Å². The van der Waals surface area contributed by atoms with Gasteiger partial charge in [0.1, 0.15) is 5.75 Å². The normalized spacial score (nSPS) is 11.4. The van der Waals surface area contributed by atoms with E-state index >= 15 is 0 Å². The molecule has 0 bridgehead atoms. The molecule has 0 aliphatic heterocycles. The van der Waals surface area contributed by atoms with Gasteiger partial charge in [-0.05, 0) is 35.1 Å². The van der Waals surface area contributed by atoms with E-state index in [4.69, 9.17) is 9.73 Å². The molecule has 0 atom stereocenters. The number of rotatable bonds is 6. The molecule has 3 nitrogen and oxygen atoms in total. The van der Waals surface area contributed by atoms with Gasteiger partial charge in [0.15, 0.2) is 0 Å². The largest absolute Gasteiger partial charge is 0.495 e. The van der Waals surface area contributed by atoms with Gasteiger partial charge in [0.05, 0.1) is 24.8 Å². The molecule has 0 spiro atoms. The Morgan fingerprint density at radius 2 is 1.52 bits per heavy atom. The maximum Gasteiger partial charge on any atom is 0.142 e. The van der Waals surface area contributed by atoms with Gasteiger partial charge in [0.25, 0.3) is 0 Å². The first-order chi connectivity index (χ1) is 11.0. The van der Waals surface area contributed by atoms with Gasteiger partial charge in [0, 0.05) is 0 Å². The molecular formula is C20H26N2O. The van der Waals surface area contributed by atoms with Crippen molar-refractivity contribution in [3.8, 4) is 5.75 Å². The summed E-state index contributed by atoms with van der Waals surface area (Å²) in [4.78, 5) is 4.73. The highest BCUT2D eigenvalue weighted by Crippen LogP contribution is 2.34. The zero-order chi connectivity index (χ0) is 16.8. The van der Waals surface area contributed by atoms with Gasteiger partial charge in [-0.3, -0.25) is 0 Å². The van der Waals surface area contributed by atoms with Gasteiger partial charge in [0.2, 0.25) is 0 Å². The highest BCUT2D eigenvalue weighted by Gasteiger charge is 2.12. The molecule has 122 valence electrons. The summed E-state index contributed by atoms with van der Waals surface area (Å²) < 4.78 is 5.35. The van der Waals surface area contributed by atoms with Crippen LogP contribution < -0.4 is 10.1 Å². The molecule has 2 rings (SSSR count). The zero-order valence-electron chi connectivity index (χ0n) is 14.6. The Kier molecular flexibility index (Phi) is 5.80. The van der Waals surface area contributed by atoms with Crippen molar-refractivity contribution in [2.24, 2.45) is 4.99 Å². The zero-order valence-corrected chi connectivity index (χ0v) is 14.6. The number of hydrogen-bond acceptors (Lipinski definition) is 2. The van der Waals surface area contributed by atoms with Crippen LogP contribution in [-0.4, -0.2) is 13.4 Å². The third-order valence-electron chi connectivity index (χ3n) is 3.86. The van der Waals surface area contributed by atoms with Crippen LogP contribution in [0, 0.1) is 0 Å². The van der Waals surface area contributed by atoms with Crippen molar-refractivity contribution in [3.63, 3.8) is 0 Å². The Morgan fingerprint density at radius 3 is 2.09 bits per heavy atom. The fraction of sp³-hybridized carbons (Fsp3) is 0.350. The summed E-state index contributed by atoms with van der Waals surface area (Å²) in [6.07, 6.45) is 1.75. The molecule has 0 aromatic heterocycles. The molecule has 1 N–H and O–H groups in total. The molecule has 0 amide bonds. The average Bonchev–Trinajstić information content (AvgIpc) is 2.55. The van der Waals surface area contributed by atoms with E-state index in [0.29, 0.717) is 11.8 Å². The summed E-state index contributed by atoms with van der Waals surface area (Å²) in [5.41, 5.74) is 4.52. The second kappa shape index (κ2) is 7.82. The summed E-state index contributed by atoms with van der Waals surface area (Å²) in [5.74, 6) is 1.68. The van der Waals surface area contributed by atoms with Crippen molar-refractivity contribution in [1.29, 1.82) is 0 Å². The molecule has 3 heteroatoms. The highest BCUT2D eigenvalue weighted by atomic mass is 16.5. The summed E-state index contributed by atoms with van der Waals surface area (Å²) in [7, 11) is 1.67. The Hall–Kier alpha value is -2.29. The minimum Gasteiger partial charge on any atom is -0.495 e. The standard InChI is InChI=1S/C20H26N2O/c1-14(2)16-9-8-10-17(15(3)4)20(16)22-13-21-18-11-6-7-12-19(18)23-5/h6-15H,1-5H3,(H,21,22). The lowest BCUT2D eigenvalue weighted by Gasteiger charge is -2.16. The summed E-state index contributed by atoms with van der Waals surface area (Å²) in [6.45, 7) is 8.80. The number of nitrogens with zero attached hydrogens (tertiary/aromatic N) is 1. The highest BCUT2D eigenvalue weighted by molar-refractivity contribution is 5.81. The van der Waals surface area contributed by atoms with Crippen LogP contribution in [0.5, 0.6) is 5.75 Å². The average molecular weight is 310 g/mol. The first-order valence-corrected chi connectivity index (χ1v) is 8.09. The fourth-order valence-corrected chi connectivity index (χ4v) is 2.59. The van der Waals surface area contributed by atoms with E-state index in [2.05, 4.69) is 51.2 Å². The number of methoxy groups -OCH3 is 1. The minimum absolute atomic E-state index is 0.437. The van der Waals surface area contributed by atoms with E-state index in [-0.39, 0.29) is 0 Å². The van der Waals surface area contributed by atoms with Gasteiger partial charge in [-0.15, -0.1) is 0 Å². The van der Waals surface area contributed by atoms with Crippen molar-refractivity contribution in [1.82, 2.24) is 0 Å². The van der Waals surface area contributed by atoms with Crippen LogP contribution in [0.2, 0.25) is 0 Å². The van der Waals surface area contributed by atoms with E-state index in [1.165, 1.54) is 11.1 Å². The molecule has 0 unspecified atom stereocenters. The Labute approximate surface area is 139 Å². The Morgan fingerprint density at radius 1 is 0.913 bits per heavy atom. The number of aliphatic imine (C=N–C) groups is 1. The molecule has 0 aliphatic carbocycles. The number of nitrogens with one attached hydrogen (secondary N) is 1. The SMILES string of the molecule is COc1ccccc1NC=Nc1c(C(C)C)cccc1C(C)C. The van der Waals surface area contributed by atoms with Crippen molar-refractivity contribution in [2.45, 2.75) is 39.5 Å². The van der Waals surface area contributed by atoms with Crippen molar-refractivity contribution >= 4 is 17.7 Å². The van der Waals surface area contributed by atoms with Crippen LogP contribution in [0.3, 0.4) is 0 Å². The van der Waals surface area contributed by atoms with E-state index in [9.17, 15) is 0 Å². The molecule has 0 radical (unpaired) electrons. The van der Waals surface area contributed by atoms with Crippen molar-refractivity contribution < 1.29 is 4.74 Å². The Bertz CT molecular complexity index is 649. The number of benzene rings is 2. The first kappa shape index (κ1) is 17.1. The predicted octanol–water partition coefficient (Wildman–Crippen LogP) is 5.71. The maximum absolute atomic E-state index is 5.35. The molecule has 0 heterocycles. The monoisotopic (exact) mass is 310 g/mol. The second-order valence-electron chi connectivity index (χ2n) is 6.20. The second-order valence-corrected chi connectivity index (χ2v) is 6.20. The van der Waals surface area contributed by atoms with Crippen LogP contribution in [0.15, 0.2) is 47.5 Å². The molecule has 2 aromatic rings. The molecule has 0 saturated heterocycles. The van der Waals surface area contributed by atoms with Crippen LogP contribution >= 0.6 is 0 Å².